The molecule has 0 aliphatic carbocycles. The molecule has 1 N–H and O–H groups in total. The van der Waals surface area contributed by atoms with E-state index in [-0.39, 0.29) is 5.25 Å². The Morgan fingerprint density at radius 2 is 1.82 bits per heavy atom. The molecule has 0 aromatic heterocycles. The molecule has 104 valence electrons. The predicted molar refractivity (Wildman–Crippen MR) is 73.6 cm³/mol. The van der Waals surface area contributed by atoms with Crippen molar-refractivity contribution in [1.29, 1.82) is 0 Å². The Kier molecular flexibility index (Phi) is 8.00. The van der Waals surface area contributed by atoms with Gasteiger partial charge in [0.05, 0.1) is 5.25 Å². The van der Waals surface area contributed by atoms with E-state index in [1.807, 2.05) is 0 Å². The summed E-state index contributed by atoms with van der Waals surface area (Å²) >= 11 is 0. The zero-order valence-electron chi connectivity index (χ0n) is 11.9. The summed E-state index contributed by atoms with van der Waals surface area (Å²) in [5.41, 5.74) is 0. The van der Waals surface area contributed by atoms with E-state index in [1.165, 1.54) is 4.31 Å². The van der Waals surface area contributed by atoms with E-state index in [4.69, 9.17) is 0 Å². The molecule has 0 bridgehead atoms. The van der Waals surface area contributed by atoms with Crippen LogP contribution in [0.25, 0.3) is 0 Å². The van der Waals surface area contributed by atoms with Gasteiger partial charge in [-0.15, -0.1) is 0 Å². The van der Waals surface area contributed by atoms with Crippen LogP contribution in [0.4, 0.5) is 0 Å². The van der Waals surface area contributed by atoms with Crippen molar-refractivity contribution < 1.29 is 8.42 Å². The normalized spacial score (nSPS) is 16.1. The number of nitrogens with zero attached hydrogens (tertiary/aromatic N) is 1. The maximum Gasteiger partial charge on any atom is 0.217 e. The summed E-state index contributed by atoms with van der Waals surface area (Å²) in [6.45, 7) is 10.0. The molecule has 2 unspecified atom stereocenters. The Hall–Kier alpha value is -0.130. The fraction of sp³-hybridized carbons (Fsp3) is 1.00. The first-order chi connectivity index (χ1) is 7.86. The highest BCUT2D eigenvalue weighted by molar-refractivity contribution is 7.89. The lowest BCUT2D eigenvalue weighted by Crippen LogP contribution is -2.41. The van der Waals surface area contributed by atoms with Gasteiger partial charge in [-0.05, 0) is 25.8 Å². The quantitative estimate of drug-likeness (QED) is 0.645. The van der Waals surface area contributed by atoms with Crippen LogP contribution in [0.3, 0.4) is 0 Å². The van der Waals surface area contributed by atoms with Crippen LogP contribution < -0.4 is 5.32 Å². The van der Waals surface area contributed by atoms with Crippen LogP contribution in [0.1, 0.15) is 40.5 Å². The second kappa shape index (κ2) is 8.06. The van der Waals surface area contributed by atoms with Crippen molar-refractivity contribution in [2.75, 3.05) is 26.7 Å². The molecule has 17 heavy (non-hydrogen) atoms. The second-order valence-electron chi connectivity index (χ2n) is 4.85. The molecule has 4 nitrogen and oxygen atoms in total. The zero-order valence-corrected chi connectivity index (χ0v) is 12.7. The molecule has 0 saturated heterocycles. The second-order valence-corrected chi connectivity index (χ2v) is 7.31. The minimum atomic E-state index is -3.15. The highest BCUT2D eigenvalue weighted by atomic mass is 32.2. The molecule has 0 aromatic rings. The van der Waals surface area contributed by atoms with Gasteiger partial charge in [-0.25, -0.2) is 12.7 Å². The molecule has 0 amide bonds. The molecule has 0 spiro atoms. The highest BCUT2D eigenvalue weighted by Gasteiger charge is 2.26. The van der Waals surface area contributed by atoms with Gasteiger partial charge in [-0.3, -0.25) is 0 Å². The van der Waals surface area contributed by atoms with Crippen LogP contribution in [0.5, 0.6) is 0 Å². The number of hydrogen-bond donors (Lipinski definition) is 1. The topological polar surface area (TPSA) is 49.4 Å². The first-order valence-electron chi connectivity index (χ1n) is 6.52. The van der Waals surface area contributed by atoms with Crippen molar-refractivity contribution >= 4 is 10.0 Å². The van der Waals surface area contributed by atoms with Crippen LogP contribution >= 0.6 is 0 Å². The van der Waals surface area contributed by atoms with E-state index < -0.39 is 10.0 Å². The van der Waals surface area contributed by atoms with Crippen LogP contribution in [-0.4, -0.2) is 44.7 Å². The van der Waals surface area contributed by atoms with E-state index in [0.29, 0.717) is 19.0 Å². The summed E-state index contributed by atoms with van der Waals surface area (Å²) in [7, 11) is -1.48. The van der Waals surface area contributed by atoms with E-state index in [2.05, 4.69) is 26.1 Å². The van der Waals surface area contributed by atoms with Gasteiger partial charge in [0.15, 0.2) is 0 Å². The number of rotatable bonds is 9. The average molecular weight is 264 g/mol. The molecule has 0 fully saturated rings. The summed E-state index contributed by atoms with van der Waals surface area (Å²) in [5.74, 6) is 0.408. The van der Waals surface area contributed by atoms with Crippen molar-refractivity contribution in [3.05, 3.63) is 0 Å². The van der Waals surface area contributed by atoms with Crippen LogP contribution in [0.15, 0.2) is 0 Å². The third-order valence-electron chi connectivity index (χ3n) is 3.07. The van der Waals surface area contributed by atoms with Gasteiger partial charge in [-0.1, -0.05) is 27.2 Å². The largest absolute Gasteiger partial charge is 0.315 e. The van der Waals surface area contributed by atoms with Gasteiger partial charge < -0.3 is 5.32 Å². The van der Waals surface area contributed by atoms with E-state index in [9.17, 15) is 8.42 Å². The third-order valence-corrected chi connectivity index (χ3v) is 5.27. The molecule has 0 saturated carbocycles. The first-order valence-corrected chi connectivity index (χ1v) is 8.02. The van der Waals surface area contributed by atoms with Crippen molar-refractivity contribution in [3.8, 4) is 0 Å². The van der Waals surface area contributed by atoms with Crippen molar-refractivity contribution in [1.82, 2.24) is 9.62 Å². The van der Waals surface area contributed by atoms with Gasteiger partial charge in [0, 0.05) is 20.1 Å². The Bertz CT molecular complexity index is 291. The molecule has 0 aromatic carbocycles. The van der Waals surface area contributed by atoms with Crippen LogP contribution in [0, 0.1) is 5.92 Å². The Labute approximate surface area is 107 Å². The van der Waals surface area contributed by atoms with Crippen LogP contribution in [0.2, 0.25) is 0 Å². The smallest absolute Gasteiger partial charge is 0.217 e. The standard InChI is InChI=1S/C12H28N2O2S/c1-6-8-13-9-12(4)17(15,16)14(5)10-11(3)7-2/h11-13H,6-10H2,1-5H3. The molecule has 5 heteroatoms. The minimum absolute atomic E-state index is 0.358. The average Bonchev–Trinajstić information content (AvgIpc) is 2.28. The van der Waals surface area contributed by atoms with E-state index in [1.54, 1.807) is 14.0 Å². The summed E-state index contributed by atoms with van der Waals surface area (Å²) < 4.78 is 25.8. The summed E-state index contributed by atoms with van der Waals surface area (Å²) in [6.07, 6.45) is 2.03. The van der Waals surface area contributed by atoms with E-state index >= 15 is 0 Å². The monoisotopic (exact) mass is 264 g/mol. The SMILES string of the molecule is CCCNCC(C)S(=O)(=O)N(C)CC(C)CC. The Morgan fingerprint density at radius 1 is 1.24 bits per heavy atom. The minimum Gasteiger partial charge on any atom is -0.315 e. The zero-order chi connectivity index (χ0) is 13.5. The van der Waals surface area contributed by atoms with Crippen molar-refractivity contribution in [3.63, 3.8) is 0 Å². The summed E-state index contributed by atoms with van der Waals surface area (Å²) in [4.78, 5) is 0. The lowest BCUT2D eigenvalue weighted by Gasteiger charge is -2.24. The molecular formula is C12H28N2O2S. The Balaban J connectivity index is 4.33. The van der Waals surface area contributed by atoms with Gasteiger partial charge in [-0.2, -0.15) is 0 Å². The molecular weight excluding hydrogens is 236 g/mol. The summed E-state index contributed by atoms with van der Waals surface area (Å²) in [6, 6.07) is 0. The highest BCUT2D eigenvalue weighted by Crippen LogP contribution is 2.11. The molecule has 0 aliphatic rings. The number of nitrogens with one attached hydrogen (secondary N) is 1. The fourth-order valence-electron chi connectivity index (χ4n) is 1.57. The lowest BCUT2D eigenvalue weighted by atomic mass is 10.1. The van der Waals surface area contributed by atoms with Gasteiger partial charge in [0.25, 0.3) is 0 Å². The van der Waals surface area contributed by atoms with Crippen molar-refractivity contribution in [2.45, 2.75) is 45.8 Å². The van der Waals surface area contributed by atoms with Gasteiger partial charge in [0.2, 0.25) is 10.0 Å². The molecule has 0 aliphatic heterocycles. The summed E-state index contributed by atoms with van der Waals surface area (Å²) in [5, 5.41) is 2.80. The van der Waals surface area contributed by atoms with Crippen LogP contribution in [-0.2, 0) is 10.0 Å². The predicted octanol–water partition coefficient (Wildman–Crippen LogP) is 1.68. The van der Waals surface area contributed by atoms with Gasteiger partial charge in [0.1, 0.15) is 0 Å². The molecule has 0 radical (unpaired) electrons. The fourth-order valence-corrected chi connectivity index (χ4v) is 2.97. The first kappa shape index (κ1) is 16.9. The maximum absolute atomic E-state index is 12.2. The molecule has 0 rings (SSSR count). The lowest BCUT2D eigenvalue weighted by molar-refractivity contribution is 0.388. The van der Waals surface area contributed by atoms with Crippen molar-refractivity contribution in [2.24, 2.45) is 5.92 Å². The third kappa shape index (κ3) is 5.84. The Morgan fingerprint density at radius 3 is 2.29 bits per heavy atom. The number of hydrogen-bond acceptors (Lipinski definition) is 3. The number of sulfonamides is 1. The maximum atomic E-state index is 12.2. The molecule has 2 atom stereocenters. The van der Waals surface area contributed by atoms with Gasteiger partial charge >= 0.3 is 0 Å². The van der Waals surface area contributed by atoms with E-state index in [0.717, 1.165) is 19.4 Å². The molecule has 0 heterocycles.